The highest BCUT2D eigenvalue weighted by atomic mass is 32.1. The molecule has 3 heterocycles. The molecule has 1 fully saturated rings. The van der Waals surface area contributed by atoms with E-state index in [-0.39, 0.29) is 24.4 Å². The van der Waals surface area contributed by atoms with Gasteiger partial charge in [-0.2, -0.15) is 5.10 Å². The average molecular weight is 593 g/mol. The van der Waals surface area contributed by atoms with Crippen molar-refractivity contribution in [3.63, 3.8) is 0 Å². The summed E-state index contributed by atoms with van der Waals surface area (Å²) in [6.07, 6.45) is 0.544. The van der Waals surface area contributed by atoms with Crippen molar-refractivity contribution in [2.75, 3.05) is 67.3 Å². The molecule has 0 bridgehead atoms. The van der Waals surface area contributed by atoms with Crippen LogP contribution in [0.2, 0.25) is 0 Å². The average Bonchev–Trinajstić information content (AvgIpc) is 3.74. The van der Waals surface area contributed by atoms with Crippen molar-refractivity contribution in [1.29, 1.82) is 0 Å². The predicted octanol–water partition coefficient (Wildman–Crippen LogP) is 3.93. The van der Waals surface area contributed by atoms with Crippen LogP contribution in [0.1, 0.15) is 33.3 Å². The number of nitrogens with zero attached hydrogens (tertiary/aromatic N) is 4. The van der Waals surface area contributed by atoms with Gasteiger partial charge in [0, 0.05) is 38.2 Å². The molecule has 222 valence electrons. The summed E-state index contributed by atoms with van der Waals surface area (Å²) in [6, 6.07) is 16.2. The fraction of sp³-hybridized carbons (Fsp3) is 0.387. The van der Waals surface area contributed by atoms with Gasteiger partial charge in [-0.25, -0.2) is 5.01 Å². The minimum atomic E-state index is -0.355. The number of rotatable bonds is 11. The van der Waals surface area contributed by atoms with Gasteiger partial charge in [0.2, 0.25) is 0 Å². The number of methoxy groups -OCH3 is 3. The minimum Gasteiger partial charge on any atom is -0.497 e. The Morgan fingerprint density at radius 3 is 2.43 bits per heavy atom. The number of hydrogen-bond acceptors (Lipinski definition) is 9. The van der Waals surface area contributed by atoms with E-state index in [2.05, 4.69) is 4.90 Å². The van der Waals surface area contributed by atoms with E-state index in [4.69, 9.17) is 24.0 Å². The number of carbonyl (C=O) groups excluding carboxylic acids is 2. The van der Waals surface area contributed by atoms with Crippen LogP contribution in [0.5, 0.6) is 17.2 Å². The van der Waals surface area contributed by atoms with E-state index in [9.17, 15) is 9.59 Å². The van der Waals surface area contributed by atoms with Gasteiger partial charge in [-0.1, -0.05) is 12.1 Å². The van der Waals surface area contributed by atoms with Gasteiger partial charge in [0.15, 0.2) is 11.5 Å². The third kappa shape index (κ3) is 6.75. The number of carbonyl (C=O) groups is 2. The Balaban J connectivity index is 1.41. The smallest absolute Gasteiger partial charge is 0.262 e. The summed E-state index contributed by atoms with van der Waals surface area (Å²) < 4.78 is 21.7. The van der Waals surface area contributed by atoms with Gasteiger partial charge in [0.1, 0.15) is 12.3 Å². The molecule has 11 heteroatoms. The van der Waals surface area contributed by atoms with Crippen molar-refractivity contribution >= 4 is 28.9 Å². The zero-order valence-corrected chi connectivity index (χ0v) is 25.0. The largest absolute Gasteiger partial charge is 0.497 e. The van der Waals surface area contributed by atoms with E-state index in [0.717, 1.165) is 29.2 Å². The van der Waals surface area contributed by atoms with E-state index in [1.54, 1.807) is 61.8 Å². The van der Waals surface area contributed by atoms with Crippen molar-refractivity contribution in [1.82, 2.24) is 14.8 Å². The molecule has 0 N–H and O–H groups in total. The summed E-state index contributed by atoms with van der Waals surface area (Å²) in [7, 11) is 4.76. The zero-order chi connectivity index (χ0) is 29.5. The summed E-state index contributed by atoms with van der Waals surface area (Å²) in [5.74, 6) is 1.37. The quantitative estimate of drug-likeness (QED) is 0.333. The number of hydrazone groups is 1. The second-order valence-corrected chi connectivity index (χ2v) is 11.0. The molecule has 2 aromatic carbocycles. The third-order valence-corrected chi connectivity index (χ3v) is 8.42. The molecule has 2 amide bonds. The van der Waals surface area contributed by atoms with Gasteiger partial charge in [-0.15, -0.1) is 11.3 Å². The Labute approximate surface area is 250 Å². The van der Waals surface area contributed by atoms with Crippen molar-refractivity contribution in [2.45, 2.75) is 12.5 Å². The fourth-order valence-electron chi connectivity index (χ4n) is 5.14. The number of morpholine rings is 1. The van der Waals surface area contributed by atoms with Gasteiger partial charge in [0.25, 0.3) is 11.8 Å². The summed E-state index contributed by atoms with van der Waals surface area (Å²) in [5.41, 5.74) is 2.20. The van der Waals surface area contributed by atoms with Crippen LogP contribution in [0.25, 0.3) is 0 Å². The van der Waals surface area contributed by atoms with Crippen LogP contribution in [-0.2, 0) is 9.53 Å². The van der Waals surface area contributed by atoms with Gasteiger partial charge in [-0.05, 0) is 53.4 Å². The second-order valence-electron chi connectivity index (χ2n) is 10.0. The predicted molar refractivity (Wildman–Crippen MR) is 161 cm³/mol. The van der Waals surface area contributed by atoms with Gasteiger partial charge in [0.05, 0.1) is 51.2 Å². The minimum absolute atomic E-state index is 0.111. The first-order chi connectivity index (χ1) is 20.5. The number of amides is 2. The molecule has 2 aliphatic heterocycles. The van der Waals surface area contributed by atoms with Crippen molar-refractivity contribution in [2.24, 2.45) is 5.10 Å². The highest BCUT2D eigenvalue weighted by molar-refractivity contribution is 7.12. The maximum absolute atomic E-state index is 14.0. The first-order valence-electron chi connectivity index (χ1n) is 13.9. The Kier molecular flexibility index (Phi) is 9.73. The molecule has 1 saturated heterocycles. The highest BCUT2D eigenvalue weighted by Gasteiger charge is 2.35. The molecule has 0 unspecified atom stereocenters. The van der Waals surface area contributed by atoms with Gasteiger partial charge in [-0.3, -0.25) is 14.5 Å². The van der Waals surface area contributed by atoms with Crippen LogP contribution < -0.4 is 14.2 Å². The highest BCUT2D eigenvalue weighted by Crippen LogP contribution is 2.38. The maximum atomic E-state index is 14.0. The summed E-state index contributed by atoms with van der Waals surface area (Å²) >= 11 is 1.58. The molecule has 2 aliphatic rings. The van der Waals surface area contributed by atoms with Crippen molar-refractivity contribution in [3.8, 4) is 17.2 Å². The summed E-state index contributed by atoms with van der Waals surface area (Å²) in [5, 5.41) is 8.32. The Bertz CT molecular complexity index is 1390. The second kappa shape index (κ2) is 13.8. The van der Waals surface area contributed by atoms with Crippen molar-refractivity contribution in [3.05, 3.63) is 76.0 Å². The molecule has 5 rings (SSSR count). The molecule has 0 aliphatic carbocycles. The number of hydrogen-bond donors (Lipinski definition) is 0. The monoisotopic (exact) mass is 592 g/mol. The molecule has 1 aromatic heterocycles. The van der Waals surface area contributed by atoms with Gasteiger partial charge >= 0.3 is 0 Å². The van der Waals surface area contributed by atoms with Crippen LogP contribution in [0.3, 0.4) is 0 Å². The summed E-state index contributed by atoms with van der Waals surface area (Å²) in [4.78, 5) is 32.6. The molecule has 42 heavy (non-hydrogen) atoms. The van der Waals surface area contributed by atoms with E-state index >= 15 is 0 Å². The van der Waals surface area contributed by atoms with Crippen molar-refractivity contribution < 1.29 is 28.5 Å². The molecular weight excluding hydrogens is 556 g/mol. The number of benzene rings is 2. The Hall–Kier alpha value is -3.93. The molecule has 1 atom stereocenters. The lowest BCUT2D eigenvalue weighted by Crippen LogP contribution is -2.46. The Morgan fingerprint density at radius 1 is 1.00 bits per heavy atom. The summed E-state index contributed by atoms with van der Waals surface area (Å²) in [6.45, 7) is 3.83. The third-order valence-electron chi connectivity index (χ3n) is 7.50. The standard InChI is InChI=1S/C31H36N4O6S/c1-38-24-9-6-22(7-10-24)31(37)34(13-12-33-14-16-41-17-15-33)21-30(36)35-26(20-25(32-35)29-5-4-18-42-29)23-8-11-27(39-2)28(19-23)40-3/h4-11,18-19,26H,12-17,20-21H2,1-3H3/t26-/m0/s1. The zero-order valence-electron chi connectivity index (χ0n) is 24.2. The molecular formula is C31H36N4O6S. The molecule has 0 saturated carbocycles. The fourth-order valence-corrected chi connectivity index (χ4v) is 5.86. The lowest BCUT2D eigenvalue weighted by Gasteiger charge is -2.31. The van der Waals surface area contributed by atoms with E-state index in [0.29, 0.717) is 55.5 Å². The molecule has 0 radical (unpaired) electrons. The number of thiophene rings is 1. The first-order valence-corrected chi connectivity index (χ1v) is 14.8. The lowest BCUT2D eigenvalue weighted by atomic mass is 10.0. The van der Waals surface area contributed by atoms with Crippen LogP contribution in [-0.4, -0.2) is 99.6 Å². The molecule has 10 nitrogen and oxygen atoms in total. The van der Waals surface area contributed by atoms with E-state index < -0.39 is 0 Å². The first kappa shape index (κ1) is 29.6. The van der Waals surface area contributed by atoms with E-state index in [1.807, 2.05) is 35.7 Å². The van der Waals surface area contributed by atoms with Gasteiger partial charge < -0.3 is 23.8 Å². The molecule has 0 spiro atoms. The van der Waals surface area contributed by atoms with Crippen LogP contribution >= 0.6 is 11.3 Å². The van der Waals surface area contributed by atoms with Crippen LogP contribution in [0.15, 0.2) is 65.1 Å². The number of ether oxygens (including phenoxy) is 4. The topological polar surface area (TPSA) is 93.1 Å². The maximum Gasteiger partial charge on any atom is 0.262 e. The van der Waals surface area contributed by atoms with Crippen LogP contribution in [0.4, 0.5) is 0 Å². The lowest BCUT2D eigenvalue weighted by molar-refractivity contribution is -0.133. The molecule has 3 aromatic rings. The Morgan fingerprint density at radius 2 is 1.76 bits per heavy atom. The SMILES string of the molecule is COc1ccc(C(=O)N(CCN2CCOCC2)CC(=O)N2N=C(c3cccs3)C[C@H]2c2ccc(OC)c(OC)c2)cc1. The van der Waals surface area contributed by atoms with Crippen LogP contribution in [0, 0.1) is 0 Å². The van der Waals surface area contributed by atoms with E-state index in [1.165, 1.54) is 5.01 Å². The normalized spacial score (nSPS) is 17.1.